The van der Waals surface area contributed by atoms with Crippen molar-refractivity contribution in [1.29, 1.82) is 0 Å². The quantitative estimate of drug-likeness (QED) is 0.904. The van der Waals surface area contributed by atoms with Crippen LogP contribution >= 0.6 is 12.4 Å². The third-order valence-electron chi connectivity index (χ3n) is 2.97. The summed E-state index contributed by atoms with van der Waals surface area (Å²) >= 11 is 0. The molecule has 0 radical (unpaired) electrons. The highest BCUT2D eigenvalue weighted by Gasteiger charge is 2.15. The van der Waals surface area contributed by atoms with Gasteiger partial charge >= 0.3 is 0 Å². The second-order valence-electron chi connectivity index (χ2n) is 4.28. The fraction of sp³-hybridized carbons (Fsp3) is 0.385. The summed E-state index contributed by atoms with van der Waals surface area (Å²) < 4.78 is 5.83. The zero-order valence-electron chi connectivity index (χ0n) is 10.0. The second-order valence-corrected chi connectivity index (χ2v) is 4.28. The number of rotatable bonds is 2. The van der Waals surface area contributed by atoms with Gasteiger partial charge in [0.05, 0.1) is 17.2 Å². The van der Waals surface area contributed by atoms with Gasteiger partial charge < -0.3 is 10.1 Å². The lowest BCUT2D eigenvalue weighted by Crippen LogP contribution is -2.37. The molecule has 5 heteroatoms. The summed E-state index contributed by atoms with van der Waals surface area (Å²) in [5.41, 5.74) is 1.79. The van der Waals surface area contributed by atoms with Crippen molar-refractivity contribution in [3.05, 3.63) is 30.5 Å². The molecule has 0 aliphatic carbocycles. The van der Waals surface area contributed by atoms with Gasteiger partial charge in [-0.3, -0.25) is 0 Å². The zero-order chi connectivity index (χ0) is 11.5. The molecular weight excluding hydrogens is 250 g/mol. The number of halogens is 1. The normalized spacial score (nSPS) is 19.2. The first-order valence-electron chi connectivity index (χ1n) is 6.01. The summed E-state index contributed by atoms with van der Waals surface area (Å²) in [5.74, 6) is 0.623. The maximum absolute atomic E-state index is 5.83. The molecule has 2 aromatic rings. The van der Waals surface area contributed by atoms with Gasteiger partial charge in [-0.15, -0.1) is 12.4 Å². The van der Waals surface area contributed by atoms with Crippen molar-refractivity contribution < 1.29 is 4.74 Å². The first-order chi connectivity index (χ1) is 8.42. The maximum Gasteiger partial charge on any atom is 0.233 e. The van der Waals surface area contributed by atoms with Gasteiger partial charge in [0, 0.05) is 6.54 Å². The number of piperidine rings is 1. The van der Waals surface area contributed by atoms with Crippen LogP contribution in [0.5, 0.6) is 5.88 Å². The maximum atomic E-state index is 5.83. The van der Waals surface area contributed by atoms with E-state index in [1.165, 1.54) is 0 Å². The van der Waals surface area contributed by atoms with Crippen LogP contribution in [0.2, 0.25) is 0 Å². The van der Waals surface area contributed by atoms with Crippen molar-refractivity contribution >= 4 is 23.4 Å². The number of benzene rings is 1. The first-order valence-corrected chi connectivity index (χ1v) is 6.01. The van der Waals surface area contributed by atoms with E-state index >= 15 is 0 Å². The molecular formula is C13H16ClN3O. The van der Waals surface area contributed by atoms with Crippen molar-refractivity contribution in [2.45, 2.75) is 18.9 Å². The number of nitrogens with one attached hydrogen (secondary N) is 1. The van der Waals surface area contributed by atoms with Crippen molar-refractivity contribution in [3.8, 4) is 5.88 Å². The smallest absolute Gasteiger partial charge is 0.233 e. The monoisotopic (exact) mass is 265 g/mol. The average Bonchev–Trinajstić information content (AvgIpc) is 2.40. The molecule has 1 atom stereocenters. The zero-order valence-corrected chi connectivity index (χ0v) is 10.8. The van der Waals surface area contributed by atoms with Crippen molar-refractivity contribution in [3.63, 3.8) is 0 Å². The number of nitrogens with zero attached hydrogens (tertiary/aromatic N) is 2. The van der Waals surface area contributed by atoms with E-state index in [9.17, 15) is 0 Å². The minimum atomic E-state index is 0. The SMILES string of the molecule is Cl.c1ccc2nc(OC3CCCNC3)cnc2c1. The second kappa shape index (κ2) is 5.98. The molecule has 96 valence electrons. The van der Waals surface area contributed by atoms with E-state index in [1.54, 1.807) is 6.20 Å². The van der Waals surface area contributed by atoms with Crippen LogP contribution in [0.3, 0.4) is 0 Å². The lowest BCUT2D eigenvalue weighted by Gasteiger charge is -2.23. The predicted molar refractivity (Wildman–Crippen MR) is 73.3 cm³/mol. The van der Waals surface area contributed by atoms with Gasteiger partial charge in [0.25, 0.3) is 0 Å². The topological polar surface area (TPSA) is 47.0 Å². The molecule has 1 aliphatic rings. The number of para-hydroxylation sites is 2. The molecule has 18 heavy (non-hydrogen) atoms. The van der Waals surface area contributed by atoms with Crippen LogP contribution in [-0.4, -0.2) is 29.2 Å². The molecule has 1 aromatic carbocycles. The Kier molecular flexibility index (Phi) is 4.33. The third-order valence-corrected chi connectivity index (χ3v) is 2.97. The summed E-state index contributed by atoms with van der Waals surface area (Å²) in [6, 6.07) is 7.83. The molecule has 2 heterocycles. The molecule has 0 amide bonds. The van der Waals surface area contributed by atoms with Crippen molar-refractivity contribution in [2.75, 3.05) is 13.1 Å². The van der Waals surface area contributed by atoms with Crippen LogP contribution in [0.15, 0.2) is 30.5 Å². The van der Waals surface area contributed by atoms with Crippen LogP contribution < -0.4 is 10.1 Å². The highest BCUT2D eigenvalue weighted by molar-refractivity contribution is 5.85. The summed E-state index contributed by atoms with van der Waals surface area (Å²) in [4.78, 5) is 8.80. The highest BCUT2D eigenvalue weighted by Crippen LogP contribution is 2.16. The molecule has 1 saturated heterocycles. The fourth-order valence-electron chi connectivity index (χ4n) is 2.09. The minimum Gasteiger partial charge on any atom is -0.472 e. The molecule has 0 saturated carbocycles. The van der Waals surface area contributed by atoms with Crippen LogP contribution in [-0.2, 0) is 0 Å². The number of hydrogen-bond acceptors (Lipinski definition) is 4. The predicted octanol–water partition coefficient (Wildman–Crippen LogP) is 2.18. The summed E-state index contributed by atoms with van der Waals surface area (Å²) in [7, 11) is 0. The van der Waals surface area contributed by atoms with E-state index in [-0.39, 0.29) is 18.5 Å². The lowest BCUT2D eigenvalue weighted by atomic mass is 10.1. The standard InChI is InChI=1S/C13H15N3O.ClH/c1-2-6-12-11(5-1)15-9-13(16-12)17-10-4-3-7-14-8-10;/h1-2,5-6,9-10,14H,3-4,7-8H2;1H. The third kappa shape index (κ3) is 2.89. The first kappa shape index (κ1) is 13.1. The van der Waals surface area contributed by atoms with Gasteiger partial charge in [-0.05, 0) is 31.5 Å². The Labute approximate surface area is 112 Å². The molecule has 0 spiro atoms. The molecule has 1 unspecified atom stereocenters. The largest absolute Gasteiger partial charge is 0.472 e. The molecule has 4 nitrogen and oxygen atoms in total. The fourth-order valence-corrected chi connectivity index (χ4v) is 2.09. The van der Waals surface area contributed by atoms with E-state index in [0.29, 0.717) is 5.88 Å². The van der Waals surface area contributed by atoms with Gasteiger partial charge in [-0.1, -0.05) is 12.1 Å². The molecule has 1 N–H and O–H groups in total. The number of hydrogen-bond donors (Lipinski definition) is 1. The Hall–Kier alpha value is -1.39. The van der Waals surface area contributed by atoms with E-state index in [2.05, 4.69) is 15.3 Å². The Morgan fingerprint density at radius 2 is 2.06 bits per heavy atom. The molecule has 1 aromatic heterocycles. The summed E-state index contributed by atoms with van der Waals surface area (Å²) in [5, 5.41) is 3.32. The van der Waals surface area contributed by atoms with Crippen molar-refractivity contribution in [2.24, 2.45) is 0 Å². The van der Waals surface area contributed by atoms with E-state index in [0.717, 1.165) is 37.0 Å². The Bertz CT molecular complexity index is 514. The number of aromatic nitrogens is 2. The van der Waals surface area contributed by atoms with Crippen molar-refractivity contribution in [1.82, 2.24) is 15.3 Å². The Balaban J connectivity index is 0.00000120. The lowest BCUT2D eigenvalue weighted by molar-refractivity contribution is 0.160. The average molecular weight is 266 g/mol. The molecule has 3 rings (SSSR count). The number of fused-ring (bicyclic) bond motifs is 1. The van der Waals surface area contributed by atoms with Crippen LogP contribution in [0, 0.1) is 0 Å². The molecule has 1 aliphatic heterocycles. The van der Waals surface area contributed by atoms with Gasteiger partial charge in [0.15, 0.2) is 0 Å². The minimum absolute atomic E-state index is 0. The summed E-state index contributed by atoms with van der Waals surface area (Å²) in [6.07, 6.45) is 4.17. The van der Waals surface area contributed by atoms with E-state index in [1.807, 2.05) is 24.3 Å². The van der Waals surface area contributed by atoms with Gasteiger partial charge in [-0.25, -0.2) is 9.97 Å². The molecule has 0 bridgehead atoms. The van der Waals surface area contributed by atoms with Crippen LogP contribution in [0.1, 0.15) is 12.8 Å². The van der Waals surface area contributed by atoms with E-state index in [4.69, 9.17) is 4.74 Å². The van der Waals surface area contributed by atoms with Crippen LogP contribution in [0.25, 0.3) is 11.0 Å². The van der Waals surface area contributed by atoms with Gasteiger partial charge in [0.1, 0.15) is 6.10 Å². The Morgan fingerprint density at radius 1 is 1.22 bits per heavy atom. The van der Waals surface area contributed by atoms with Gasteiger partial charge in [-0.2, -0.15) is 0 Å². The highest BCUT2D eigenvalue weighted by atomic mass is 35.5. The Morgan fingerprint density at radius 3 is 2.83 bits per heavy atom. The van der Waals surface area contributed by atoms with Gasteiger partial charge in [0.2, 0.25) is 5.88 Å². The van der Waals surface area contributed by atoms with E-state index < -0.39 is 0 Å². The molecule has 1 fully saturated rings. The number of ether oxygens (including phenoxy) is 1. The summed E-state index contributed by atoms with van der Waals surface area (Å²) in [6.45, 7) is 1.98. The van der Waals surface area contributed by atoms with Crippen LogP contribution in [0.4, 0.5) is 0 Å².